The zero-order valence-corrected chi connectivity index (χ0v) is 15.2. The molecule has 0 aliphatic rings. The molecule has 6 heteroatoms. The van der Waals surface area contributed by atoms with E-state index in [4.69, 9.17) is 9.47 Å². The minimum atomic E-state index is -0.637. The molecule has 0 saturated heterocycles. The van der Waals surface area contributed by atoms with Crippen LogP contribution in [0, 0.1) is 6.92 Å². The summed E-state index contributed by atoms with van der Waals surface area (Å²) in [5, 5.41) is 4.20. The highest BCUT2D eigenvalue weighted by Gasteiger charge is 2.20. The Morgan fingerprint density at radius 3 is 2.48 bits per heavy atom. The second kappa shape index (κ2) is 8.31. The van der Waals surface area contributed by atoms with E-state index in [-0.39, 0.29) is 24.7 Å². The number of ether oxygens (including phenoxy) is 2. The highest BCUT2D eigenvalue weighted by Crippen LogP contribution is 2.19. The summed E-state index contributed by atoms with van der Waals surface area (Å²) in [6.07, 6.45) is 0. The third-order valence-electron chi connectivity index (χ3n) is 4.01. The molecular formula is C21H20N2O4. The van der Waals surface area contributed by atoms with Crippen LogP contribution in [0.1, 0.15) is 28.5 Å². The van der Waals surface area contributed by atoms with Gasteiger partial charge in [-0.15, -0.1) is 0 Å². The third-order valence-corrected chi connectivity index (χ3v) is 4.01. The molecule has 0 aliphatic carbocycles. The zero-order chi connectivity index (χ0) is 19.2. The number of hydrogen-bond acceptors (Lipinski definition) is 5. The van der Waals surface area contributed by atoms with Crippen LogP contribution in [0.3, 0.4) is 0 Å². The van der Waals surface area contributed by atoms with Crippen molar-refractivity contribution in [2.24, 2.45) is 0 Å². The standard InChI is InChI=1S/C21H20N2O4/c1-3-26-21(25)20-18(27-14-16-10-8-7-9-15(16)2)13-19(24)23(22-20)17-11-5-4-6-12-17/h4-13H,3,14H2,1-2H3. The predicted octanol–water partition coefficient (Wildman–Crippen LogP) is 3.30. The van der Waals surface area contributed by atoms with Crippen molar-refractivity contribution in [1.29, 1.82) is 0 Å². The minimum absolute atomic E-state index is 0.0334. The first-order valence-electron chi connectivity index (χ1n) is 8.64. The maximum absolute atomic E-state index is 12.5. The average molecular weight is 364 g/mol. The topological polar surface area (TPSA) is 70.4 Å². The first-order valence-corrected chi connectivity index (χ1v) is 8.64. The van der Waals surface area contributed by atoms with Crippen LogP contribution in [0.4, 0.5) is 0 Å². The molecule has 3 rings (SSSR count). The first-order chi connectivity index (χ1) is 13.1. The summed E-state index contributed by atoms with van der Waals surface area (Å²) < 4.78 is 12.0. The van der Waals surface area contributed by atoms with Gasteiger partial charge in [0.2, 0.25) is 5.69 Å². The van der Waals surface area contributed by atoms with Crippen molar-refractivity contribution in [3.05, 3.63) is 87.8 Å². The minimum Gasteiger partial charge on any atom is -0.486 e. The van der Waals surface area contributed by atoms with Crippen molar-refractivity contribution in [2.45, 2.75) is 20.5 Å². The number of aromatic nitrogens is 2. The van der Waals surface area contributed by atoms with Gasteiger partial charge in [0.25, 0.3) is 5.56 Å². The highest BCUT2D eigenvalue weighted by atomic mass is 16.5. The van der Waals surface area contributed by atoms with Gasteiger partial charge in [-0.2, -0.15) is 9.78 Å². The molecule has 2 aromatic carbocycles. The van der Waals surface area contributed by atoms with Gasteiger partial charge in [-0.25, -0.2) is 4.79 Å². The lowest BCUT2D eigenvalue weighted by Gasteiger charge is -2.13. The normalized spacial score (nSPS) is 10.4. The number of nitrogens with zero attached hydrogens (tertiary/aromatic N) is 2. The predicted molar refractivity (Wildman–Crippen MR) is 101 cm³/mol. The van der Waals surface area contributed by atoms with Crippen LogP contribution >= 0.6 is 0 Å². The van der Waals surface area contributed by atoms with Crippen molar-refractivity contribution in [3.8, 4) is 11.4 Å². The SMILES string of the molecule is CCOC(=O)c1nn(-c2ccccc2)c(=O)cc1OCc1ccccc1C. The number of carbonyl (C=O) groups excluding carboxylic acids is 1. The Labute approximate surface area is 157 Å². The van der Waals surface area contributed by atoms with Crippen LogP contribution in [-0.4, -0.2) is 22.4 Å². The number of benzene rings is 2. The van der Waals surface area contributed by atoms with E-state index < -0.39 is 11.5 Å². The Morgan fingerprint density at radius 2 is 1.78 bits per heavy atom. The van der Waals surface area contributed by atoms with E-state index in [0.29, 0.717) is 5.69 Å². The summed E-state index contributed by atoms with van der Waals surface area (Å²) >= 11 is 0. The molecule has 0 N–H and O–H groups in total. The largest absolute Gasteiger partial charge is 0.486 e. The molecule has 0 fully saturated rings. The lowest BCUT2D eigenvalue weighted by atomic mass is 10.1. The van der Waals surface area contributed by atoms with Crippen LogP contribution in [0.5, 0.6) is 5.75 Å². The fourth-order valence-corrected chi connectivity index (χ4v) is 2.57. The van der Waals surface area contributed by atoms with Crippen LogP contribution in [0.25, 0.3) is 5.69 Å². The molecule has 0 spiro atoms. The van der Waals surface area contributed by atoms with Gasteiger partial charge in [0.05, 0.1) is 18.4 Å². The maximum atomic E-state index is 12.5. The summed E-state index contributed by atoms with van der Waals surface area (Å²) in [5.41, 5.74) is 2.14. The molecule has 1 aromatic heterocycles. The third kappa shape index (κ3) is 4.23. The summed E-state index contributed by atoms with van der Waals surface area (Å²) in [6, 6.07) is 17.9. The van der Waals surface area contributed by atoms with Crippen molar-refractivity contribution < 1.29 is 14.3 Å². The van der Waals surface area contributed by atoms with E-state index in [1.807, 2.05) is 37.3 Å². The van der Waals surface area contributed by atoms with E-state index in [9.17, 15) is 9.59 Å². The second-order valence-electron chi connectivity index (χ2n) is 5.88. The van der Waals surface area contributed by atoms with Gasteiger partial charge < -0.3 is 9.47 Å². The fraction of sp³-hybridized carbons (Fsp3) is 0.190. The first kappa shape index (κ1) is 18.4. The van der Waals surface area contributed by atoms with Gasteiger partial charge in [-0.3, -0.25) is 4.79 Å². The molecular weight excluding hydrogens is 344 g/mol. The molecule has 0 atom stereocenters. The van der Waals surface area contributed by atoms with Gasteiger partial charge in [-0.05, 0) is 37.1 Å². The monoisotopic (exact) mass is 364 g/mol. The molecule has 6 nitrogen and oxygen atoms in total. The molecule has 1 heterocycles. The molecule has 0 amide bonds. The van der Waals surface area contributed by atoms with E-state index >= 15 is 0 Å². The van der Waals surface area contributed by atoms with Crippen LogP contribution in [0.2, 0.25) is 0 Å². The van der Waals surface area contributed by atoms with Crippen LogP contribution < -0.4 is 10.3 Å². The Bertz CT molecular complexity index is 997. The van der Waals surface area contributed by atoms with Crippen molar-refractivity contribution >= 4 is 5.97 Å². The van der Waals surface area contributed by atoms with Crippen molar-refractivity contribution in [1.82, 2.24) is 9.78 Å². The number of esters is 1. The molecule has 138 valence electrons. The molecule has 0 unspecified atom stereocenters. The average Bonchev–Trinajstić information content (AvgIpc) is 2.68. The number of hydrogen-bond donors (Lipinski definition) is 0. The highest BCUT2D eigenvalue weighted by molar-refractivity contribution is 5.90. The Kier molecular flexibility index (Phi) is 5.66. The van der Waals surface area contributed by atoms with E-state index in [2.05, 4.69) is 5.10 Å². The summed E-state index contributed by atoms with van der Waals surface area (Å²) in [4.78, 5) is 24.9. The lowest BCUT2D eigenvalue weighted by molar-refractivity contribution is 0.0511. The van der Waals surface area contributed by atoms with Gasteiger partial charge in [0.15, 0.2) is 5.75 Å². The van der Waals surface area contributed by atoms with Gasteiger partial charge in [0.1, 0.15) is 6.61 Å². The fourth-order valence-electron chi connectivity index (χ4n) is 2.57. The van der Waals surface area contributed by atoms with Gasteiger partial charge in [0, 0.05) is 0 Å². The number of rotatable bonds is 6. The molecule has 27 heavy (non-hydrogen) atoms. The Balaban J connectivity index is 1.99. The maximum Gasteiger partial charge on any atom is 0.362 e. The quantitative estimate of drug-likeness (QED) is 0.628. The molecule has 0 bridgehead atoms. The lowest BCUT2D eigenvalue weighted by Crippen LogP contribution is -2.25. The van der Waals surface area contributed by atoms with E-state index in [1.54, 1.807) is 31.2 Å². The van der Waals surface area contributed by atoms with Crippen LogP contribution in [0.15, 0.2) is 65.5 Å². The molecule has 0 aliphatic heterocycles. The van der Waals surface area contributed by atoms with Crippen LogP contribution in [-0.2, 0) is 11.3 Å². The van der Waals surface area contributed by atoms with Crippen molar-refractivity contribution in [3.63, 3.8) is 0 Å². The Morgan fingerprint density at radius 1 is 1.07 bits per heavy atom. The second-order valence-corrected chi connectivity index (χ2v) is 5.88. The Hall–Kier alpha value is -3.41. The van der Waals surface area contributed by atoms with E-state index in [0.717, 1.165) is 15.8 Å². The molecule has 3 aromatic rings. The van der Waals surface area contributed by atoms with Gasteiger partial charge in [-0.1, -0.05) is 42.5 Å². The van der Waals surface area contributed by atoms with Gasteiger partial charge >= 0.3 is 5.97 Å². The summed E-state index contributed by atoms with van der Waals surface area (Å²) in [7, 11) is 0. The summed E-state index contributed by atoms with van der Waals surface area (Å²) in [5.74, 6) is -0.532. The summed E-state index contributed by atoms with van der Waals surface area (Å²) in [6.45, 7) is 4.09. The zero-order valence-electron chi connectivity index (χ0n) is 15.2. The van der Waals surface area contributed by atoms with E-state index in [1.165, 1.54) is 6.07 Å². The number of carbonyl (C=O) groups is 1. The van der Waals surface area contributed by atoms with Crippen molar-refractivity contribution in [2.75, 3.05) is 6.61 Å². The number of para-hydroxylation sites is 1. The molecule has 0 saturated carbocycles. The molecule has 0 radical (unpaired) electrons. The smallest absolute Gasteiger partial charge is 0.362 e. The number of aryl methyl sites for hydroxylation is 1.